The average molecular weight is 363 g/mol. The molecule has 0 atom stereocenters. The Bertz CT molecular complexity index is 935. The summed E-state index contributed by atoms with van der Waals surface area (Å²) in [5, 5.41) is 30.2. The number of esters is 1. The van der Waals surface area contributed by atoms with Gasteiger partial charge in [-0.3, -0.25) is 14.9 Å². The van der Waals surface area contributed by atoms with Gasteiger partial charge in [-0.2, -0.15) is 0 Å². The Labute approximate surface area is 145 Å². The predicted octanol–water partition coefficient (Wildman–Crippen LogP) is -0.196. The summed E-state index contributed by atoms with van der Waals surface area (Å²) in [5.41, 5.74) is -0.604. The SMILES string of the molecule is COC(=O)C1=C(Nc2ccc3nonc3c2[N+](=O)[O-])C(=O)N(CCO)C1. The molecule has 136 valence electrons. The maximum atomic E-state index is 12.5. The molecule has 2 aromatic rings. The maximum absolute atomic E-state index is 12.5. The zero-order valence-electron chi connectivity index (χ0n) is 13.5. The summed E-state index contributed by atoms with van der Waals surface area (Å²) < 4.78 is 9.17. The third-order valence-corrected chi connectivity index (χ3v) is 3.80. The fraction of sp³-hybridized carbons (Fsp3) is 0.286. The molecule has 0 aliphatic carbocycles. The van der Waals surface area contributed by atoms with E-state index in [1.807, 2.05) is 0 Å². The van der Waals surface area contributed by atoms with E-state index < -0.39 is 22.5 Å². The van der Waals surface area contributed by atoms with Crippen molar-refractivity contribution in [3.05, 3.63) is 33.5 Å². The molecule has 0 saturated carbocycles. The lowest BCUT2D eigenvalue weighted by molar-refractivity contribution is -0.382. The highest BCUT2D eigenvalue weighted by Gasteiger charge is 2.36. The van der Waals surface area contributed by atoms with Gasteiger partial charge in [0.2, 0.25) is 5.52 Å². The quantitative estimate of drug-likeness (QED) is 0.399. The van der Waals surface area contributed by atoms with Gasteiger partial charge in [-0.05, 0) is 22.4 Å². The van der Waals surface area contributed by atoms with Crippen molar-refractivity contribution in [2.75, 3.05) is 32.1 Å². The first-order valence-electron chi connectivity index (χ1n) is 7.36. The molecule has 3 rings (SSSR count). The number of hydrogen-bond donors (Lipinski definition) is 2. The van der Waals surface area contributed by atoms with Gasteiger partial charge in [-0.15, -0.1) is 0 Å². The van der Waals surface area contributed by atoms with E-state index in [9.17, 15) is 19.7 Å². The average Bonchev–Trinajstić information content (AvgIpc) is 3.20. The number of nitrogens with one attached hydrogen (secondary N) is 1. The van der Waals surface area contributed by atoms with Crippen molar-refractivity contribution in [2.24, 2.45) is 0 Å². The number of nitro groups is 1. The highest BCUT2D eigenvalue weighted by atomic mass is 16.6. The number of hydrogen-bond acceptors (Lipinski definition) is 10. The molecular formula is C14H13N5O7. The molecule has 0 radical (unpaired) electrons. The van der Waals surface area contributed by atoms with Gasteiger partial charge in [0.05, 0.1) is 30.8 Å². The molecule has 2 N–H and O–H groups in total. The summed E-state index contributed by atoms with van der Waals surface area (Å²) in [6.45, 7) is -0.390. The topological polar surface area (TPSA) is 161 Å². The fourth-order valence-electron chi connectivity index (χ4n) is 2.61. The van der Waals surface area contributed by atoms with Gasteiger partial charge in [-0.1, -0.05) is 0 Å². The van der Waals surface area contributed by atoms with E-state index in [2.05, 4.69) is 25.0 Å². The molecule has 1 aromatic heterocycles. The van der Waals surface area contributed by atoms with E-state index >= 15 is 0 Å². The third-order valence-electron chi connectivity index (χ3n) is 3.80. The van der Waals surface area contributed by atoms with Gasteiger partial charge >= 0.3 is 11.7 Å². The minimum absolute atomic E-state index is 0.00115. The van der Waals surface area contributed by atoms with Crippen LogP contribution in [-0.4, -0.2) is 63.9 Å². The van der Waals surface area contributed by atoms with Crippen molar-refractivity contribution in [3.8, 4) is 0 Å². The van der Waals surface area contributed by atoms with E-state index in [-0.39, 0.29) is 47.7 Å². The van der Waals surface area contributed by atoms with Gasteiger partial charge in [0.1, 0.15) is 16.9 Å². The predicted molar refractivity (Wildman–Crippen MR) is 84.8 cm³/mol. The van der Waals surface area contributed by atoms with E-state index in [1.54, 1.807) is 0 Å². The van der Waals surface area contributed by atoms with Crippen LogP contribution in [0.4, 0.5) is 11.4 Å². The van der Waals surface area contributed by atoms with Gasteiger partial charge in [0.15, 0.2) is 0 Å². The molecule has 1 aliphatic heterocycles. The Morgan fingerprint density at radius 1 is 1.50 bits per heavy atom. The zero-order valence-corrected chi connectivity index (χ0v) is 13.5. The van der Waals surface area contributed by atoms with Crippen LogP contribution in [0.3, 0.4) is 0 Å². The van der Waals surface area contributed by atoms with Crippen molar-refractivity contribution in [3.63, 3.8) is 0 Å². The first kappa shape index (κ1) is 17.3. The molecule has 26 heavy (non-hydrogen) atoms. The summed E-state index contributed by atoms with van der Waals surface area (Å²) in [4.78, 5) is 36.4. The monoisotopic (exact) mass is 363 g/mol. The normalized spacial score (nSPS) is 14.2. The number of fused-ring (bicyclic) bond motifs is 1. The smallest absolute Gasteiger partial charge is 0.337 e. The van der Waals surface area contributed by atoms with Crippen molar-refractivity contribution in [2.45, 2.75) is 0 Å². The maximum Gasteiger partial charge on any atom is 0.337 e. The number of ether oxygens (including phenoxy) is 1. The first-order valence-corrected chi connectivity index (χ1v) is 7.36. The Balaban J connectivity index is 2.06. The lowest BCUT2D eigenvalue weighted by atomic mass is 10.2. The summed E-state index contributed by atoms with van der Waals surface area (Å²) >= 11 is 0. The number of aliphatic hydroxyl groups is 1. The van der Waals surface area contributed by atoms with Crippen LogP contribution in [0.2, 0.25) is 0 Å². The number of amides is 1. The molecule has 1 amide bonds. The van der Waals surface area contributed by atoms with Crippen LogP contribution in [0.25, 0.3) is 11.0 Å². The number of aromatic nitrogens is 2. The molecule has 0 spiro atoms. The molecule has 12 heteroatoms. The van der Waals surface area contributed by atoms with E-state index in [4.69, 9.17) is 5.11 Å². The number of aliphatic hydroxyl groups excluding tert-OH is 1. The Hall–Kier alpha value is -3.54. The molecule has 0 unspecified atom stereocenters. The molecule has 0 saturated heterocycles. The molecule has 0 fully saturated rings. The van der Waals surface area contributed by atoms with Crippen LogP contribution < -0.4 is 5.32 Å². The van der Waals surface area contributed by atoms with Crippen LogP contribution in [0.5, 0.6) is 0 Å². The van der Waals surface area contributed by atoms with Crippen LogP contribution in [0.1, 0.15) is 0 Å². The van der Waals surface area contributed by atoms with Crippen molar-refractivity contribution >= 4 is 34.3 Å². The van der Waals surface area contributed by atoms with Crippen LogP contribution in [0.15, 0.2) is 28.0 Å². The Morgan fingerprint density at radius 3 is 2.92 bits per heavy atom. The second-order valence-corrected chi connectivity index (χ2v) is 5.27. The first-order chi connectivity index (χ1) is 12.5. The number of anilines is 1. The minimum atomic E-state index is -0.756. The van der Waals surface area contributed by atoms with Gasteiger partial charge in [-0.25, -0.2) is 9.42 Å². The molecule has 1 aliphatic rings. The van der Waals surface area contributed by atoms with E-state index in [0.29, 0.717) is 0 Å². The molecular weight excluding hydrogens is 350 g/mol. The second kappa shape index (κ2) is 6.76. The van der Waals surface area contributed by atoms with Gasteiger partial charge in [0.25, 0.3) is 5.91 Å². The summed E-state index contributed by atoms with van der Waals surface area (Å²) in [5.74, 6) is -1.35. The highest BCUT2D eigenvalue weighted by molar-refractivity contribution is 6.09. The minimum Gasteiger partial charge on any atom is -0.466 e. The lowest BCUT2D eigenvalue weighted by Crippen LogP contribution is -2.31. The third kappa shape index (κ3) is 2.82. The molecule has 12 nitrogen and oxygen atoms in total. The summed E-state index contributed by atoms with van der Waals surface area (Å²) in [7, 11) is 1.15. The molecule has 2 heterocycles. The molecule has 1 aromatic carbocycles. The van der Waals surface area contributed by atoms with Crippen LogP contribution in [0, 0.1) is 10.1 Å². The fourth-order valence-corrected chi connectivity index (χ4v) is 2.61. The molecule has 0 bridgehead atoms. The van der Waals surface area contributed by atoms with Crippen LogP contribution >= 0.6 is 0 Å². The number of carbonyl (C=O) groups excluding carboxylic acids is 2. The lowest BCUT2D eigenvalue weighted by Gasteiger charge is -2.15. The summed E-state index contributed by atoms with van der Waals surface area (Å²) in [6.07, 6.45) is 0. The van der Waals surface area contributed by atoms with Gasteiger partial charge in [0, 0.05) is 6.54 Å². The van der Waals surface area contributed by atoms with E-state index in [0.717, 1.165) is 7.11 Å². The number of β-amino-alcohol motifs (C(OH)–C–C–N with tert-alkyl or cyclic N) is 1. The van der Waals surface area contributed by atoms with Crippen LogP contribution in [-0.2, 0) is 14.3 Å². The zero-order chi connectivity index (χ0) is 18.8. The number of rotatable bonds is 6. The number of benzene rings is 1. The Kier molecular flexibility index (Phi) is 4.49. The highest BCUT2D eigenvalue weighted by Crippen LogP contribution is 2.34. The Morgan fingerprint density at radius 2 is 2.27 bits per heavy atom. The number of methoxy groups -OCH3 is 1. The number of nitro benzene ring substituents is 1. The second-order valence-electron chi connectivity index (χ2n) is 5.27. The largest absolute Gasteiger partial charge is 0.466 e. The van der Waals surface area contributed by atoms with Crippen molar-refractivity contribution < 1.29 is 29.0 Å². The van der Waals surface area contributed by atoms with Gasteiger partial charge < -0.3 is 20.1 Å². The standard InChI is InChI=1S/C14H13N5O7/c1-25-14(22)7-6-18(4-5-20)13(21)10(7)15-9-3-2-8-11(17-26-16-8)12(9)19(23)24/h2-3,15,20H,4-6H2,1H3. The number of carbonyl (C=O) groups is 2. The summed E-state index contributed by atoms with van der Waals surface area (Å²) in [6, 6.07) is 2.75. The number of nitrogens with zero attached hydrogens (tertiary/aromatic N) is 4. The van der Waals surface area contributed by atoms with E-state index in [1.165, 1.54) is 17.0 Å². The van der Waals surface area contributed by atoms with Crippen molar-refractivity contribution in [1.82, 2.24) is 15.2 Å². The van der Waals surface area contributed by atoms with Crippen molar-refractivity contribution in [1.29, 1.82) is 0 Å².